The molecule has 2 aromatic heterocycles. The lowest BCUT2D eigenvalue weighted by atomic mass is 9.98. The highest BCUT2D eigenvalue weighted by Gasteiger charge is 2.30. The Hall–Kier alpha value is -3.62. The van der Waals surface area contributed by atoms with Crippen LogP contribution in [0.5, 0.6) is 0 Å². The van der Waals surface area contributed by atoms with Gasteiger partial charge in [-0.15, -0.1) is 0 Å². The number of alkyl halides is 3. The topological polar surface area (TPSA) is 79.8 Å². The molecule has 4 rings (SSSR count). The smallest absolute Gasteiger partial charge is 0.352 e. The lowest BCUT2D eigenvalue weighted by Crippen LogP contribution is -2.28. The van der Waals surface area contributed by atoms with Crippen LogP contribution in [0.25, 0.3) is 32.9 Å². The van der Waals surface area contributed by atoms with Gasteiger partial charge in [-0.05, 0) is 22.8 Å². The number of H-pyrrole nitrogens is 1. The molecule has 2 N–H and O–H groups in total. The van der Waals surface area contributed by atoms with Crippen LogP contribution in [0.2, 0.25) is 0 Å². The molecule has 2 heterocycles. The van der Waals surface area contributed by atoms with Crippen molar-refractivity contribution in [2.75, 3.05) is 0 Å². The molecule has 0 unspecified atom stereocenters. The maximum Gasteiger partial charge on any atom is 0.406 e. The van der Waals surface area contributed by atoms with E-state index in [0.717, 1.165) is 15.7 Å². The predicted molar refractivity (Wildman–Crippen MR) is 107 cm³/mol. The maximum atomic E-state index is 13.2. The molecule has 154 valence electrons. The molecule has 0 saturated carbocycles. The lowest BCUT2D eigenvalue weighted by Gasteiger charge is -2.16. The average molecular weight is 414 g/mol. The van der Waals surface area contributed by atoms with Crippen molar-refractivity contribution in [2.45, 2.75) is 26.2 Å². The van der Waals surface area contributed by atoms with Crippen molar-refractivity contribution in [3.63, 3.8) is 0 Å². The summed E-state index contributed by atoms with van der Waals surface area (Å²) in [4.78, 5) is 24.0. The Morgan fingerprint density at radius 3 is 2.67 bits per heavy atom. The maximum absolute atomic E-state index is 13.2. The zero-order chi connectivity index (χ0) is 21.5. The van der Waals surface area contributed by atoms with Gasteiger partial charge in [0.1, 0.15) is 6.54 Å². The number of nitrogens with one attached hydrogen (secondary N) is 2. The van der Waals surface area contributed by atoms with Crippen molar-refractivity contribution >= 4 is 27.7 Å². The summed E-state index contributed by atoms with van der Waals surface area (Å²) in [5.41, 5.74) is 1.99. The van der Waals surface area contributed by atoms with Gasteiger partial charge in [-0.3, -0.25) is 19.3 Å². The molecule has 2 aromatic carbocycles. The normalized spacial score (nSPS) is 11.9. The van der Waals surface area contributed by atoms with E-state index in [9.17, 15) is 22.8 Å². The molecule has 1 amide bonds. The third-order valence-corrected chi connectivity index (χ3v) is 4.87. The largest absolute Gasteiger partial charge is 0.406 e. The number of nitrogens with zero attached hydrogens (tertiary/aromatic N) is 2. The zero-order valence-corrected chi connectivity index (χ0v) is 15.9. The van der Waals surface area contributed by atoms with Gasteiger partial charge in [-0.2, -0.15) is 18.3 Å². The molecule has 0 aliphatic rings. The highest BCUT2D eigenvalue weighted by atomic mass is 19.4. The second-order valence-electron chi connectivity index (χ2n) is 6.96. The number of halogens is 3. The number of fused-ring (bicyclic) bond motifs is 3. The molecule has 6 nitrogen and oxygen atoms in total. The minimum absolute atomic E-state index is 0.102. The number of hydrogen-bond acceptors (Lipinski definition) is 3. The van der Waals surface area contributed by atoms with Crippen molar-refractivity contribution in [3.05, 3.63) is 64.6 Å². The number of aromatic amines is 1. The summed E-state index contributed by atoms with van der Waals surface area (Å²) in [7, 11) is 0. The Labute approximate surface area is 168 Å². The Morgan fingerprint density at radius 1 is 1.17 bits per heavy atom. The van der Waals surface area contributed by atoms with E-state index >= 15 is 0 Å². The minimum Gasteiger partial charge on any atom is -0.352 e. The van der Waals surface area contributed by atoms with E-state index in [-0.39, 0.29) is 23.4 Å². The van der Waals surface area contributed by atoms with E-state index < -0.39 is 18.3 Å². The van der Waals surface area contributed by atoms with Crippen molar-refractivity contribution < 1.29 is 18.0 Å². The van der Waals surface area contributed by atoms with Crippen molar-refractivity contribution in [1.82, 2.24) is 20.1 Å². The van der Waals surface area contributed by atoms with Gasteiger partial charge >= 0.3 is 6.18 Å². The van der Waals surface area contributed by atoms with Crippen LogP contribution in [0.15, 0.2) is 53.5 Å². The number of rotatable bonds is 4. The first-order chi connectivity index (χ1) is 14.2. The van der Waals surface area contributed by atoms with Gasteiger partial charge in [0.2, 0.25) is 5.91 Å². The number of carbonyl (C=O) groups is 1. The van der Waals surface area contributed by atoms with Gasteiger partial charge < -0.3 is 5.32 Å². The highest BCUT2D eigenvalue weighted by Crippen LogP contribution is 2.30. The number of pyridine rings is 1. The summed E-state index contributed by atoms with van der Waals surface area (Å²) in [6.45, 7) is 0.281. The van der Waals surface area contributed by atoms with Crippen molar-refractivity contribution in [3.8, 4) is 11.1 Å². The fourth-order valence-corrected chi connectivity index (χ4v) is 3.55. The SMILES string of the molecule is CC(=O)NCc1ccccc1-c1ccc2c3[nH]ncc3c(=O)n(CC(F)(F)F)c2c1. The average Bonchev–Trinajstić information content (AvgIpc) is 3.19. The van der Waals surface area contributed by atoms with Crippen LogP contribution in [0.4, 0.5) is 13.2 Å². The molecule has 0 aliphatic carbocycles. The first-order valence-corrected chi connectivity index (χ1v) is 9.14. The van der Waals surface area contributed by atoms with E-state index in [1.807, 2.05) is 18.2 Å². The van der Waals surface area contributed by atoms with Gasteiger partial charge in [0.05, 0.1) is 22.6 Å². The molecule has 0 aliphatic heterocycles. The molecule has 0 radical (unpaired) electrons. The Balaban J connectivity index is 1.95. The molecule has 4 aromatic rings. The van der Waals surface area contributed by atoms with Gasteiger partial charge in [0.25, 0.3) is 5.56 Å². The molecule has 0 bridgehead atoms. The Bertz CT molecular complexity index is 1320. The number of hydrogen-bond donors (Lipinski definition) is 2. The molecule has 9 heteroatoms. The van der Waals surface area contributed by atoms with E-state index in [4.69, 9.17) is 0 Å². The van der Waals surface area contributed by atoms with Crippen LogP contribution in [0.1, 0.15) is 12.5 Å². The molecular weight excluding hydrogens is 397 g/mol. The van der Waals surface area contributed by atoms with Gasteiger partial charge in [-0.1, -0.05) is 36.4 Å². The van der Waals surface area contributed by atoms with Crippen LogP contribution >= 0.6 is 0 Å². The monoisotopic (exact) mass is 414 g/mol. The van der Waals surface area contributed by atoms with Crippen LogP contribution in [-0.4, -0.2) is 26.8 Å². The quantitative estimate of drug-likeness (QED) is 0.534. The molecule has 0 fully saturated rings. The van der Waals surface area contributed by atoms with Gasteiger partial charge in [0.15, 0.2) is 0 Å². The number of carbonyl (C=O) groups excluding carboxylic acids is 1. The first-order valence-electron chi connectivity index (χ1n) is 9.14. The molecule has 0 spiro atoms. The second kappa shape index (κ2) is 7.33. The lowest BCUT2D eigenvalue weighted by molar-refractivity contribution is -0.140. The van der Waals surface area contributed by atoms with E-state index in [0.29, 0.717) is 16.5 Å². The summed E-state index contributed by atoms with van der Waals surface area (Å²) < 4.78 is 40.4. The number of amides is 1. The fraction of sp³-hybridized carbons (Fsp3) is 0.190. The Morgan fingerprint density at radius 2 is 1.93 bits per heavy atom. The Kier molecular flexibility index (Phi) is 4.81. The van der Waals surface area contributed by atoms with Gasteiger partial charge in [0, 0.05) is 18.9 Å². The summed E-state index contributed by atoms with van der Waals surface area (Å²) in [6, 6.07) is 12.3. The number of benzene rings is 2. The highest BCUT2D eigenvalue weighted by molar-refractivity contribution is 6.04. The summed E-state index contributed by atoms with van der Waals surface area (Å²) in [5.74, 6) is -0.191. The number of aromatic nitrogens is 3. The first kappa shape index (κ1) is 19.7. The zero-order valence-electron chi connectivity index (χ0n) is 15.9. The van der Waals surface area contributed by atoms with E-state index in [1.54, 1.807) is 24.3 Å². The van der Waals surface area contributed by atoms with E-state index in [1.165, 1.54) is 13.1 Å². The van der Waals surface area contributed by atoms with Crippen LogP contribution < -0.4 is 10.9 Å². The van der Waals surface area contributed by atoms with Gasteiger partial charge in [-0.25, -0.2) is 0 Å². The van der Waals surface area contributed by atoms with Crippen LogP contribution in [0.3, 0.4) is 0 Å². The third kappa shape index (κ3) is 3.66. The molecular formula is C21H17F3N4O2. The summed E-state index contributed by atoms with van der Waals surface area (Å²) >= 11 is 0. The fourth-order valence-electron chi connectivity index (χ4n) is 3.55. The molecule has 30 heavy (non-hydrogen) atoms. The van der Waals surface area contributed by atoms with Crippen LogP contribution in [-0.2, 0) is 17.9 Å². The van der Waals surface area contributed by atoms with Crippen LogP contribution in [0, 0.1) is 0 Å². The van der Waals surface area contributed by atoms with Crippen molar-refractivity contribution in [1.29, 1.82) is 0 Å². The summed E-state index contributed by atoms with van der Waals surface area (Å²) in [5, 5.41) is 9.83. The predicted octanol–water partition coefficient (Wildman–Crippen LogP) is 3.74. The second-order valence-corrected chi connectivity index (χ2v) is 6.96. The third-order valence-electron chi connectivity index (χ3n) is 4.87. The standard InChI is InChI=1S/C21H17F3N4O2/c1-12(29)25-9-14-4-2-3-5-15(14)13-6-7-16-18(8-13)28(11-21(22,23)24)20(30)17-10-26-27-19(16)17/h2-8,10H,9,11H2,1H3,(H,25,29)(H,26,27). The molecule has 0 saturated heterocycles. The minimum atomic E-state index is -4.56. The summed E-state index contributed by atoms with van der Waals surface area (Å²) in [6.07, 6.45) is -3.33. The van der Waals surface area contributed by atoms with E-state index in [2.05, 4.69) is 15.5 Å². The van der Waals surface area contributed by atoms with Crippen molar-refractivity contribution in [2.24, 2.45) is 0 Å². The molecule has 0 atom stereocenters.